The Morgan fingerprint density at radius 2 is 1.89 bits per heavy atom. The number of rotatable bonds is 6. The van der Waals surface area contributed by atoms with E-state index in [1.165, 1.54) is 11.8 Å². The summed E-state index contributed by atoms with van der Waals surface area (Å²) in [5.41, 5.74) is 3.92. The quantitative estimate of drug-likeness (QED) is 0.455. The van der Waals surface area contributed by atoms with Crippen LogP contribution in [0.5, 0.6) is 0 Å². The Balaban J connectivity index is 1.85. The molecule has 1 heterocycles. The maximum absolute atomic E-state index is 13.1. The highest BCUT2D eigenvalue weighted by Crippen LogP contribution is 2.28. The molecule has 0 aliphatic carbocycles. The molecule has 0 saturated heterocycles. The van der Waals surface area contributed by atoms with Crippen LogP contribution in [0.25, 0.3) is 10.9 Å². The number of nitriles is 1. The molecule has 1 aromatic heterocycles. The van der Waals surface area contributed by atoms with Gasteiger partial charge in [0.05, 0.1) is 23.8 Å². The van der Waals surface area contributed by atoms with Crippen LogP contribution in [0.4, 0.5) is 5.69 Å². The minimum atomic E-state index is -0.0331. The summed E-state index contributed by atoms with van der Waals surface area (Å²) >= 11 is 1.41. The first-order valence-electron chi connectivity index (χ1n) is 9.11. The van der Waals surface area contributed by atoms with Crippen molar-refractivity contribution in [1.82, 2.24) is 9.97 Å². The lowest BCUT2D eigenvalue weighted by atomic mass is 10.1. The fourth-order valence-corrected chi connectivity index (χ4v) is 3.99. The van der Waals surface area contributed by atoms with Crippen molar-refractivity contribution >= 4 is 34.3 Å². The van der Waals surface area contributed by atoms with Crippen molar-refractivity contribution in [1.29, 1.82) is 5.26 Å². The number of thioether (sulfide) groups is 1. The van der Waals surface area contributed by atoms with Crippen LogP contribution in [-0.2, 0) is 4.79 Å². The van der Waals surface area contributed by atoms with Crippen molar-refractivity contribution < 1.29 is 4.79 Å². The number of nitrogens with zero attached hydrogens (tertiary/aromatic N) is 4. The third-order valence-corrected chi connectivity index (χ3v) is 5.60. The number of amides is 1. The summed E-state index contributed by atoms with van der Waals surface area (Å²) in [5.74, 6) is 0.901. The molecule has 3 aromatic rings. The molecule has 142 valence electrons. The number of anilines is 1. The van der Waals surface area contributed by atoms with Crippen molar-refractivity contribution in [2.45, 2.75) is 32.2 Å². The van der Waals surface area contributed by atoms with Gasteiger partial charge in [-0.1, -0.05) is 42.1 Å². The molecule has 5 nitrogen and oxygen atoms in total. The second-order valence-corrected chi connectivity index (χ2v) is 7.52. The molecule has 2 aromatic carbocycles. The maximum atomic E-state index is 13.1. The molecule has 0 spiro atoms. The fraction of sp³-hybridized carbons (Fsp3) is 0.273. The third-order valence-electron chi connectivity index (χ3n) is 4.63. The van der Waals surface area contributed by atoms with Crippen LogP contribution in [0.15, 0.2) is 47.5 Å². The van der Waals surface area contributed by atoms with Crippen LogP contribution < -0.4 is 4.90 Å². The largest absolute Gasteiger partial charge is 0.310 e. The fourth-order valence-electron chi connectivity index (χ4n) is 3.05. The van der Waals surface area contributed by atoms with E-state index in [2.05, 4.69) is 16.0 Å². The van der Waals surface area contributed by atoms with E-state index in [-0.39, 0.29) is 11.7 Å². The number of hydrogen-bond donors (Lipinski definition) is 0. The van der Waals surface area contributed by atoms with Gasteiger partial charge >= 0.3 is 0 Å². The monoisotopic (exact) mass is 390 g/mol. The van der Waals surface area contributed by atoms with Crippen molar-refractivity contribution in [3.63, 3.8) is 0 Å². The lowest BCUT2D eigenvalue weighted by Crippen LogP contribution is -2.34. The standard InChI is InChI=1S/C22H22N4OS/c1-15-8-6-11-20(16(15)2)26(13-7-12-23)21(27)14-28-22-18-9-4-5-10-19(18)24-17(3)25-22/h4-6,8-11H,7,13-14H2,1-3H3. The number of aryl methyl sites for hydroxylation is 2. The molecule has 0 N–H and O–H groups in total. The summed E-state index contributed by atoms with van der Waals surface area (Å²) in [6, 6.07) is 15.9. The Labute approximate surface area is 169 Å². The molecule has 6 heteroatoms. The summed E-state index contributed by atoms with van der Waals surface area (Å²) in [7, 11) is 0. The topological polar surface area (TPSA) is 69.9 Å². The number of carbonyl (C=O) groups is 1. The first-order valence-corrected chi connectivity index (χ1v) is 10.1. The molecule has 0 unspecified atom stereocenters. The van der Waals surface area contributed by atoms with Crippen molar-refractivity contribution in [3.8, 4) is 6.07 Å². The van der Waals surface area contributed by atoms with E-state index >= 15 is 0 Å². The van der Waals surface area contributed by atoms with Gasteiger partial charge in [-0.25, -0.2) is 9.97 Å². The van der Waals surface area contributed by atoms with Gasteiger partial charge in [0.1, 0.15) is 10.9 Å². The van der Waals surface area contributed by atoms with Crippen LogP contribution in [-0.4, -0.2) is 28.2 Å². The zero-order valence-electron chi connectivity index (χ0n) is 16.3. The van der Waals surface area contributed by atoms with Crippen LogP contribution >= 0.6 is 11.8 Å². The molecule has 28 heavy (non-hydrogen) atoms. The summed E-state index contributed by atoms with van der Waals surface area (Å²) in [6.07, 6.45) is 0.291. The van der Waals surface area contributed by atoms with Gasteiger partial charge < -0.3 is 4.90 Å². The van der Waals surface area contributed by atoms with Gasteiger partial charge in [0, 0.05) is 17.6 Å². The molecule has 0 bridgehead atoms. The van der Waals surface area contributed by atoms with Gasteiger partial charge in [-0.2, -0.15) is 5.26 Å². The third kappa shape index (κ3) is 4.32. The summed E-state index contributed by atoms with van der Waals surface area (Å²) < 4.78 is 0. The molecule has 0 aliphatic rings. The summed E-state index contributed by atoms with van der Waals surface area (Å²) in [6.45, 7) is 6.26. The smallest absolute Gasteiger partial charge is 0.237 e. The zero-order chi connectivity index (χ0) is 20.1. The number of hydrogen-bond acceptors (Lipinski definition) is 5. The molecule has 1 amide bonds. The summed E-state index contributed by atoms with van der Waals surface area (Å²) in [4.78, 5) is 23.8. The normalized spacial score (nSPS) is 10.6. The second-order valence-electron chi connectivity index (χ2n) is 6.55. The average Bonchev–Trinajstić information content (AvgIpc) is 2.69. The molecule has 0 aliphatic heterocycles. The van der Waals surface area contributed by atoms with E-state index in [1.54, 1.807) is 4.90 Å². The Kier molecular flexibility index (Phi) is 6.27. The van der Waals surface area contributed by atoms with E-state index in [0.717, 1.165) is 32.7 Å². The number of fused-ring (bicyclic) bond motifs is 1. The van der Waals surface area contributed by atoms with Crippen molar-refractivity contribution in [2.75, 3.05) is 17.2 Å². The van der Waals surface area contributed by atoms with Gasteiger partial charge in [-0.3, -0.25) is 4.79 Å². The van der Waals surface area contributed by atoms with Gasteiger partial charge in [-0.05, 0) is 44.0 Å². The van der Waals surface area contributed by atoms with Crippen LogP contribution in [0.1, 0.15) is 23.4 Å². The average molecular weight is 391 g/mol. The SMILES string of the molecule is Cc1nc(SCC(=O)N(CCC#N)c2cccc(C)c2C)c2ccccc2n1. The maximum Gasteiger partial charge on any atom is 0.237 e. The summed E-state index contributed by atoms with van der Waals surface area (Å²) in [5, 5.41) is 10.8. The molecule has 0 fully saturated rings. The van der Waals surface area contributed by atoms with Gasteiger partial charge in [0.25, 0.3) is 0 Å². The minimum Gasteiger partial charge on any atom is -0.310 e. The Morgan fingerprint density at radius 3 is 2.68 bits per heavy atom. The van der Waals surface area contributed by atoms with Gasteiger partial charge in [-0.15, -0.1) is 0 Å². The highest BCUT2D eigenvalue weighted by Gasteiger charge is 2.19. The molecular formula is C22H22N4OS. The lowest BCUT2D eigenvalue weighted by Gasteiger charge is -2.24. The van der Waals surface area contributed by atoms with E-state index in [9.17, 15) is 4.79 Å². The van der Waals surface area contributed by atoms with Crippen molar-refractivity contribution in [3.05, 3.63) is 59.4 Å². The number of benzene rings is 2. The van der Waals surface area contributed by atoms with E-state index < -0.39 is 0 Å². The van der Waals surface area contributed by atoms with Gasteiger partial charge in [0.15, 0.2) is 0 Å². The highest BCUT2D eigenvalue weighted by atomic mass is 32.2. The Bertz CT molecular complexity index is 1060. The molecule has 3 rings (SSSR count). The van der Waals surface area contributed by atoms with Gasteiger partial charge in [0.2, 0.25) is 5.91 Å². The number of para-hydroxylation sites is 1. The number of carbonyl (C=O) groups excluding carboxylic acids is 1. The van der Waals surface area contributed by atoms with E-state index in [1.807, 2.05) is 63.2 Å². The van der Waals surface area contributed by atoms with E-state index in [4.69, 9.17) is 5.26 Å². The minimum absolute atomic E-state index is 0.0331. The first-order chi connectivity index (χ1) is 13.5. The predicted molar refractivity (Wildman–Crippen MR) is 113 cm³/mol. The molecular weight excluding hydrogens is 368 g/mol. The predicted octanol–water partition coefficient (Wildman–Crippen LogP) is 4.59. The first kappa shape index (κ1) is 19.8. The molecule has 0 saturated carbocycles. The second kappa shape index (κ2) is 8.85. The van der Waals surface area contributed by atoms with Crippen molar-refractivity contribution in [2.24, 2.45) is 0 Å². The Hall–Kier alpha value is -2.91. The van der Waals surface area contributed by atoms with Crippen LogP contribution in [0.2, 0.25) is 0 Å². The highest BCUT2D eigenvalue weighted by molar-refractivity contribution is 8.00. The molecule has 0 radical (unpaired) electrons. The molecule has 0 atom stereocenters. The zero-order valence-corrected chi connectivity index (χ0v) is 17.1. The van der Waals surface area contributed by atoms with Crippen LogP contribution in [0, 0.1) is 32.1 Å². The van der Waals surface area contributed by atoms with Crippen LogP contribution in [0.3, 0.4) is 0 Å². The Morgan fingerprint density at radius 1 is 1.11 bits per heavy atom. The number of aromatic nitrogens is 2. The lowest BCUT2D eigenvalue weighted by molar-refractivity contribution is -0.116. The van der Waals surface area contributed by atoms with E-state index in [0.29, 0.717) is 18.8 Å².